The van der Waals surface area contributed by atoms with Crippen molar-refractivity contribution in [1.29, 1.82) is 0 Å². The molecular formula is C15H12O6S. The summed E-state index contributed by atoms with van der Waals surface area (Å²) in [5, 5.41) is 7.70. The van der Waals surface area contributed by atoms with Gasteiger partial charge in [-0.25, -0.2) is 13.2 Å². The highest BCUT2D eigenvalue weighted by molar-refractivity contribution is 8.06. The summed E-state index contributed by atoms with van der Waals surface area (Å²) in [5.74, 6) is -1.03. The number of methoxy groups -OCH3 is 1. The molecule has 0 amide bonds. The zero-order valence-corrected chi connectivity index (χ0v) is 12.3. The van der Waals surface area contributed by atoms with Crippen LogP contribution in [0.4, 0.5) is 0 Å². The Morgan fingerprint density at radius 2 is 1.59 bits per heavy atom. The zero-order valence-electron chi connectivity index (χ0n) is 11.5. The number of benzene rings is 2. The van der Waals surface area contributed by atoms with E-state index < -0.39 is 20.9 Å². The van der Waals surface area contributed by atoms with Crippen LogP contribution in [0.3, 0.4) is 0 Å². The van der Waals surface area contributed by atoms with E-state index in [1.165, 1.54) is 25.3 Å². The maximum atomic E-state index is 12.3. The molecule has 0 aliphatic heterocycles. The van der Waals surface area contributed by atoms with E-state index in [1.807, 2.05) is 0 Å². The SMILES string of the molecule is COc1ccccc1C(=O)S(=O)(=O)c1ccc(C(=O)O)cc1. The molecule has 114 valence electrons. The van der Waals surface area contributed by atoms with Gasteiger partial charge in [0.1, 0.15) is 5.75 Å². The van der Waals surface area contributed by atoms with Gasteiger partial charge in [-0.05, 0) is 36.4 Å². The van der Waals surface area contributed by atoms with Crippen molar-refractivity contribution in [3.8, 4) is 5.75 Å². The van der Waals surface area contributed by atoms with Crippen LogP contribution in [0.5, 0.6) is 5.75 Å². The lowest BCUT2D eigenvalue weighted by molar-refractivity contribution is 0.0696. The summed E-state index contributed by atoms with van der Waals surface area (Å²) in [4.78, 5) is 22.8. The average Bonchev–Trinajstić information content (AvgIpc) is 2.54. The number of hydrogen-bond donors (Lipinski definition) is 1. The van der Waals surface area contributed by atoms with Crippen molar-refractivity contribution in [2.75, 3.05) is 7.11 Å². The molecule has 0 aliphatic rings. The molecule has 1 N–H and O–H groups in total. The fourth-order valence-electron chi connectivity index (χ4n) is 1.84. The van der Waals surface area contributed by atoms with E-state index in [4.69, 9.17) is 9.84 Å². The van der Waals surface area contributed by atoms with Gasteiger partial charge in [0.25, 0.3) is 5.12 Å². The Morgan fingerprint density at radius 1 is 1.00 bits per heavy atom. The number of ether oxygens (including phenoxy) is 1. The Kier molecular flexibility index (Phi) is 4.27. The van der Waals surface area contributed by atoms with Crippen molar-refractivity contribution in [3.63, 3.8) is 0 Å². The van der Waals surface area contributed by atoms with E-state index in [0.717, 1.165) is 24.3 Å². The van der Waals surface area contributed by atoms with Crippen LogP contribution in [-0.4, -0.2) is 31.7 Å². The Labute approximate surface area is 126 Å². The van der Waals surface area contributed by atoms with Gasteiger partial charge in [-0.1, -0.05) is 12.1 Å². The molecular weight excluding hydrogens is 308 g/mol. The molecule has 2 rings (SSSR count). The largest absolute Gasteiger partial charge is 0.496 e. The summed E-state index contributed by atoms with van der Waals surface area (Å²) in [6, 6.07) is 10.4. The molecule has 0 heterocycles. The zero-order chi connectivity index (χ0) is 16.3. The molecule has 0 spiro atoms. The topological polar surface area (TPSA) is 97.7 Å². The summed E-state index contributed by atoms with van der Waals surface area (Å²) in [5.41, 5.74) is -0.143. The van der Waals surface area contributed by atoms with Gasteiger partial charge >= 0.3 is 5.97 Å². The predicted molar refractivity (Wildman–Crippen MR) is 77.9 cm³/mol. The lowest BCUT2D eigenvalue weighted by Gasteiger charge is -2.08. The number of carbonyl (C=O) groups is 2. The minimum absolute atomic E-state index is 0.0660. The van der Waals surface area contributed by atoms with Crippen molar-refractivity contribution < 1.29 is 27.9 Å². The highest BCUT2D eigenvalue weighted by atomic mass is 32.2. The van der Waals surface area contributed by atoms with Gasteiger partial charge in [0, 0.05) is 0 Å². The van der Waals surface area contributed by atoms with Gasteiger partial charge < -0.3 is 9.84 Å². The van der Waals surface area contributed by atoms with Crippen LogP contribution in [0.25, 0.3) is 0 Å². The molecule has 0 fully saturated rings. The highest BCUT2D eigenvalue weighted by Crippen LogP contribution is 2.24. The first-order chi connectivity index (χ1) is 10.4. The van der Waals surface area contributed by atoms with E-state index in [1.54, 1.807) is 6.07 Å². The maximum absolute atomic E-state index is 12.3. The fraction of sp³-hybridized carbons (Fsp3) is 0.0667. The first-order valence-electron chi connectivity index (χ1n) is 6.13. The molecule has 7 heteroatoms. The molecule has 2 aromatic carbocycles. The summed E-state index contributed by atoms with van der Waals surface area (Å²) < 4.78 is 29.6. The molecule has 0 saturated carbocycles. The number of aromatic carboxylic acids is 1. The van der Waals surface area contributed by atoms with Crippen LogP contribution < -0.4 is 4.74 Å². The molecule has 6 nitrogen and oxygen atoms in total. The third-order valence-electron chi connectivity index (χ3n) is 2.98. The van der Waals surface area contributed by atoms with Gasteiger partial charge in [0.2, 0.25) is 9.84 Å². The minimum Gasteiger partial charge on any atom is -0.496 e. The predicted octanol–water partition coefficient (Wildman–Crippen LogP) is 2.01. The van der Waals surface area contributed by atoms with Gasteiger partial charge in [-0.3, -0.25) is 4.79 Å². The number of rotatable bonds is 4. The van der Waals surface area contributed by atoms with Crippen LogP contribution in [0.2, 0.25) is 0 Å². The number of hydrogen-bond acceptors (Lipinski definition) is 5. The third-order valence-corrected chi connectivity index (χ3v) is 4.58. The van der Waals surface area contributed by atoms with Crippen molar-refractivity contribution in [2.24, 2.45) is 0 Å². The second-order valence-electron chi connectivity index (χ2n) is 4.32. The summed E-state index contributed by atoms with van der Waals surface area (Å²) in [6.45, 7) is 0. The quantitative estimate of drug-likeness (QED) is 0.925. The van der Waals surface area contributed by atoms with Gasteiger partial charge in [0.15, 0.2) is 0 Å². The lowest BCUT2D eigenvalue weighted by Crippen LogP contribution is -2.16. The maximum Gasteiger partial charge on any atom is 0.335 e. The van der Waals surface area contributed by atoms with E-state index in [9.17, 15) is 18.0 Å². The Hall–Kier alpha value is -2.67. The normalized spacial score (nSPS) is 11.0. The highest BCUT2D eigenvalue weighted by Gasteiger charge is 2.28. The van der Waals surface area contributed by atoms with Gasteiger partial charge in [-0.15, -0.1) is 0 Å². The number of para-hydroxylation sites is 1. The summed E-state index contributed by atoms with van der Waals surface area (Å²) >= 11 is 0. The van der Waals surface area contributed by atoms with Gasteiger partial charge in [0.05, 0.1) is 23.1 Å². The molecule has 0 radical (unpaired) electrons. The summed E-state index contributed by atoms with van der Waals surface area (Å²) in [7, 11) is -2.95. The second-order valence-corrected chi connectivity index (χ2v) is 6.17. The number of carbonyl (C=O) groups excluding carboxylic acids is 1. The fourth-order valence-corrected chi connectivity index (χ4v) is 3.01. The smallest absolute Gasteiger partial charge is 0.335 e. The van der Waals surface area contributed by atoms with Crippen LogP contribution in [0.15, 0.2) is 53.4 Å². The summed E-state index contributed by atoms with van der Waals surface area (Å²) in [6.07, 6.45) is 0. The van der Waals surface area contributed by atoms with Gasteiger partial charge in [-0.2, -0.15) is 0 Å². The molecule has 22 heavy (non-hydrogen) atoms. The van der Waals surface area contributed by atoms with Crippen LogP contribution >= 0.6 is 0 Å². The van der Waals surface area contributed by atoms with E-state index in [0.29, 0.717) is 0 Å². The molecule has 0 atom stereocenters. The van der Waals surface area contributed by atoms with E-state index in [2.05, 4.69) is 0 Å². The Morgan fingerprint density at radius 3 is 2.14 bits per heavy atom. The van der Waals surface area contributed by atoms with E-state index >= 15 is 0 Å². The third kappa shape index (κ3) is 2.84. The first-order valence-corrected chi connectivity index (χ1v) is 7.62. The van der Waals surface area contributed by atoms with Crippen molar-refractivity contribution in [2.45, 2.75) is 4.90 Å². The Balaban J connectivity index is 2.45. The van der Waals surface area contributed by atoms with Crippen LogP contribution in [0, 0.1) is 0 Å². The lowest BCUT2D eigenvalue weighted by atomic mass is 10.2. The average molecular weight is 320 g/mol. The molecule has 0 unspecified atom stereocenters. The first kappa shape index (κ1) is 15.7. The van der Waals surface area contributed by atoms with Crippen LogP contribution in [0.1, 0.15) is 20.7 Å². The number of carboxylic acids is 1. The minimum atomic E-state index is -4.28. The molecule has 2 aromatic rings. The molecule has 0 aromatic heterocycles. The van der Waals surface area contributed by atoms with E-state index in [-0.39, 0.29) is 21.8 Å². The number of carboxylic acid groups (broad SMARTS) is 1. The number of sulfone groups is 1. The van der Waals surface area contributed by atoms with Crippen LogP contribution in [-0.2, 0) is 9.84 Å². The van der Waals surface area contributed by atoms with Crippen molar-refractivity contribution in [3.05, 3.63) is 59.7 Å². The molecule has 0 aliphatic carbocycles. The van der Waals surface area contributed by atoms with Crippen molar-refractivity contribution in [1.82, 2.24) is 0 Å². The monoisotopic (exact) mass is 320 g/mol. The second kappa shape index (κ2) is 5.98. The Bertz CT molecular complexity index is 821. The molecule has 0 saturated heterocycles. The molecule has 0 bridgehead atoms. The van der Waals surface area contributed by atoms with Crippen molar-refractivity contribution >= 4 is 20.9 Å². The standard InChI is InChI=1S/C15H12O6S/c1-21-13-5-3-2-4-12(13)15(18)22(19,20)11-8-6-10(7-9-11)14(16)17/h2-9H,1H3,(H,16,17).